The molecule has 14 heavy (non-hydrogen) atoms. The van der Waals surface area contributed by atoms with E-state index < -0.39 is 0 Å². The molecular weight excluding hydrogens is 177 g/mol. The van der Waals surface area contributed by atoms with Gasteiger partial charge in [-0.25, -0.2) is 4.39 Å². The quantitative estimate of drug-likeness (QED) is 0.780. The molecule has 0 heterocycles. The van der Waals surface area contributed by atoms with Crippen molar-refractivity contribution in [1.82, 2.24) is 0 Å². The molecule has 1 aliphatic carbocycles. The lowest BCUT2D eigenvalue weighted by Gasteiger charge is -2.02. The van der Waals surface area contributed by atoms with Crippen molar-refractivity contribution in [3.05, 3.63) is 41.2 Å². The first-order chi connectivity index (χ1) is 6.81. The normalized spacial score (nSPS) is 17.1. The van der Waals surface area contributed by atoms with Gasteiger partial charge in [-0.3, -0.25) is 0 Å². The topological polar surface area (TPSA) is 26.0 Å². The number of hydrogen-bond donors (Lipinski definition) is 1. The van der Waals surface area contributed by atoms with Crippen LogP contribution in [0.25, 0.3) is 6.08 Å². The van der Waals surface area contributed by atoms with Crippen LogP contribution in [0.4, 0.5) is 4.39 Å². The lowest BCUT2D eigenvalue weighted by Crippen LogP contribution is -2.04. The van der Waals surface area contributed by atoms with Crippen molar-refractivity contribution < 1.29 is 4.39 Å². The molecule has 0 unspecified atom stereocenters. The van der Waals surface area contributed by atoms with Crippen LogP contribution < -0.4 is 5.73 Å². The van der Waals surface area contributed by atoms with Gasteiger partial charge in [0.1, 0.15) is 5.82 Å². The predicted octanol–water partition coefficient (Wildman–Crippen LogP) is 2.58. The fourth-order valence-electron chi connectivity index (χ4n) is 1.59. The van der Waals surface area contributed by atoms with Crippen molar-refractivity contribution >= 4 is 6.08 Å². The predicted molar refractivity (Wildman–Crippen MR) is 56.2 cm³/mol. The maximum absolute atomic E-state index is 13.3. The van der Waals surface area contributed by atoms with E-state index in [9.17, 15) is 4.39 Å². The highest BCUT2D eigenvalue weighted by molar-refractivity contribution is 5.55. The van der Waals surface area contributed by atoms with Crippen LogP contribution in [0.15, 0.2) is 29.8 Å². The largest absolute Gasteiger partial charge is 0.327 e. The van der Waals surface area contributed by atoms with Crippen LogP contribution in [0.3, 0.4) is 0 Å². The van der Waals surface area contributed by atoms with Crippen molar-refractivity contribution in [3.63, 3.8) is 0 Å². The average Bonchev–Trinajstić information content (AvgIpc) is 3.00. The summed E-state index contributed by atoms with van der Waals surface area (Å²) in [5.41, 5.74) is 7.45. The van der Waals surface area contributed by atoms with Gasteiger partial charge < -0.3 is 5.73 Å². The lowest BCUT2D eigenvalue weighted by molar-refractivity contribution is 0.625. The third-order valence-corrected chi connectivity index (χ3v) is 2.58. The van der Waals surface area contributed by atoms with E-state index in [-0.39, 0.29) is 5.82 Å². The minimum Gasteiger partial charge on any atom is -0.327 e. The Bertz CT molecular complexity index is 353. The highest BCUT2D eigenvalue weighted by atomic mass is 19.1. The molecule has 0 aromatic heterocycles. The number of hydrogen-bond acceptors (Lipinski definition) is 1. The van der Waals surface area contributed by atoms with Crippen molar-refractivity contribution in [1.29, 1.82) is 0 Å². The Hall–Kier alpha value is -1.15. The molecule has 0 aliphatic heterocycles. The molecule has 2 N–H and O–H groups in total. The van der Waals surface area contributed by atoms with Gasteiger partial charge >= 0.3 is 0 Å². The van der Waals surface area contributed by atoms with Crippen LogP contribution in [0, 0.1) is 11.7 Å². The molecule has 1 aliphatic rings. The smallest absolute Gasteiger partial charge is 0.130 e. The maximum atomic E-state index is 13.3. The van der Waals surface area contributed by atoms with Gasteiger partial charge in [-0.05, 0) is 24.8 Å². The molecule has 0 spiro atoms. The summed E-state index contributed by atoms with van der Waals surface area (Å²) in [4.78, 5) is 0. The summed E-state index contributed by atoms with van der Waals surface area (Å²) in [6.07, 6.45) is 4.31. The molecule has 2 heteroatoms. The van der Waals surface area contributed by atoms with Gasteiger partial charge in [0.15, 0.2) is 0 Å². The zero-order valence-corrected chi connectivity index (χ0v) is 8.04. The van der Waals surface area contributed by atoms with Gasteiger partial charge in [0.25, 0.3) is 0 Å². The maximum Gasteiger partial charge on any atom is 0.130 e. The average molecular weight is 191 g/mol. The van der Waals surface area contributed by atoms with E-state index in [1.165, 1.54) is 24.5 Å². The molecule has 1 nitrogen and oxygen atoms in total. The first kappa shape index (κ1) is 9.41. The summed E-state index contributed by atoms with van der Waals surface area (Å²) in [7, 11) is 0. The van der Waals surface area contributed by atoms with Crippen LogP contribution >= 0.6 is 0 Å². The monoisotopic (exact) mass is 191 g/mol. The highest BCUT2D eigenvalue weighted by Gasteiger charge is 2.24. The van der Waals surface area contributed by atoms with E-state index in [0.717, 1.165) is 0 Å². The number of benzene rings is 1. The van der Waals surface area contributed by atoms with Gasteiger partial charge in [-0.2, -0.15) is 0 Å². The second-order valence-electron chi connectivity index (χ2n) is 3.72. The Morgan fingerprint density at radius 1 is 1.43 bits per heavy atom. The van der Waals surface area contributed by atoms with Crippen LogP contribution in [-0.2, 0) is 0 Å². The fourth-order valence-corrected chi connectivity index (χ4v) is 1.59. The third kappa shape index (κ3) is 2.02. The second-order valence-corrected chi connectivity index (χ2v) is 3.72. The Kier molecular flexibility index (Phi) is 2.64. The van der Waals surface area contributed by atoms with Crippen molar-refractivity contribution in [2.45, 2.75) is 12.8 Å². The summed E-state index contributed by atoms with van der Waals surface area (Å²) >= 11 is 0. The number of nitrogens with two attached hydrogens (primary N) is 1. The highest BCUT2D eigenvalue weighted by Crippen LogP contribution is 2.36. The van der Waals surface area contributed by atoms with E-state index >= 15 is 0 Å². The molecule has 0 bridgehead atoms. The SMILES string of the molecule is NC/C(=C\c1ccccc1F)C1CC1. The van der Waals surface area contributed by atoms with E-state index in [0.29, 0.717) is 18.0 Å². The fraction of sp³-hybridized carbons (Fsp3) is 0.333. The van der Waals surface area contributed by atoms with Gasteiger partial charge in [0, 0.05) is 12.1 Å². The Labute approximate surface area is 83.4 Å². The molecule has 1 aromatic carbocycles. The first-order valence-corrected chi connectivity index (χ1v) is 4.96. The van der Waals surface area contributed by atoms with E-state index in [1.54, 1.807) is 12.1 Å². The van der Waals surface area contributed by atoms with Gasteiger partial charge in [-0.1, -0.05) is 29.8 Å². The van der Waals surface area contributed by atoms with E-state index in [1.807, 2.05) is 12.1 Å². The summed E-state index contributed by atoms with van der Waals surface area (Å²) in [5.74, 6) is 0.443. The van der Waals surface area contributed by atoms with Crippen LogP contribution in [0.1, 0.15) is 18.4 Å². The summed E-state index contributed by atoms with van der Waals surface area (Å²) < 4.78 is 13.3. The third-order valence-electron chi connectivity index (χ3n) is 2.58. The molecule has 74 valence electrons. The zero-order chi connectivity index (χ0) is 9.97. The molecule has 1 aromatic rings. The van der Waals surface area contributed by atoms with E-state index in [4.69, 9.17) is 5.73 Å². The van der Waals surface area contributed by atoms with E-state index in [2.05, 4.69) is 0 Å². The number of rotatable bonds is 3. The zero-order valence-electron chi connectivity index (χ0n) is 8.04. The Balaban J connectivity index is 2.26. The van der Waals surface area contributed by atoms with Gasteiger partial charge in [-0.15, -0.1) is 0 Å². The standard InChI is InChI=1S/C12H14FN/c13-12-4-2-1-3-10(12)7-11(8-14)9-5-6-9/h1-4,7,9H,5-6,8,14H2/b11-7+. The van der Waals surface area contributed by atoms with Crippen LogP contribution in [0.5, 0.6) is 0 Å². The van der Waals surface area contributed by atoms with Gasteiger partial charge in [0.2, 0.25) is 0 Å². The first-order valence-electron chi connectivity index (χ1n) is 4.96. The Morgan fingerprint density at radius 2 is 2.14 bits per heavy atom. The molecule has 0 amide bonds. The van der Waals surface area contributed by atoms with Crippen molar-refractivity contribution in [3.8, 4) is 0 Å². The molecule has 2 rings (SSSR count). The molecule has 0 radical (unpaired) electrons. The second kappa shape index (κ2) is 3.93. The van der Waals surface area contributed by atoms with Crippen molar-refractivity contribution in [2.24, 2.45) is 11.7 Å². The molecular formula is C12H14FN. The number of halogens is 1. The summed E-state index contributed by atoms with van der Waals surface area (Å²) in [6, 6.07) is 6.81. The molecule has 0 atom stereocenters. The molecule has 1 fully saturated rings. The lowest BCUT2D eigenvalue weighted by atomic mass is 10.1. The summed E-state index contributed by atoms with van der Waals surface area (Å²) in [6.45, 7) is 0.541. The minimum absolute atomic E-state index is 0.167. The summed E-state index contributed by atoms with van der Waals surface area (Å²) in [5, 5.41) is 0. The Morgan fingerprint density at radius 3 is 2.71 bits per heavy atom. The van der Waals surface area contributed by atoms with Crippen LogP contribution in [-0.4, -0.2) is 6.54 Å². The minimum atomic E-state index is -0.167. The molecule has 1 saturated carbocycles. The van der Waals surface area contributed by atoms with Crippen molar-refractivity contribution in [2.75, 3.05) is 6.54 Å². The van der Waals surface area contributed by atoms with Crippen LogP contribution in [0.2, 0.25) is 0 Å². The van der Waals surface area contributed by atoms with Gasteiger partial charge in [0.05, 0.1) is 0 Å². The molecule has 0 saturated heterocycles.